The molecule has 0 saturated carbocycles. The third kappa shape index (κ3) is 3.77. The van der Waals surface area contributed by atoms with Gasteiger partial charge >= 0.3 is 0 Å². The fourth-order valence-electron chi connectivity index (χ4n) is 3.56. The Morgan fingerprint density at radius 1 is 1.42 bits per heavy atom. The number of methoxy groups -OCH3 is 1. The molecule has 2 aliphatic heterocycles. The van der Waals surface area contributed by atoms with Crippen LogP contribution in [-0.4, -0.2) is 79.3 Å². The van der Waals surface area contributed by atoms with Crippen molar-refractivity contribution in [2.45, 2.75) is 31.9 Å². The Bertz CT molecular complexity index is 549. The Morgan fingerprint density at radius 3 is 3.00 bits per heavy atom. The summed E-state index contributed by atoms with van der Waals surface area (Å²) in [5.74, 6) is 0.0702. The van der Waals surface area contributed by atoms with Crippen molar-refractivity contribution < 1.29 is 14.3 Å². The molecule has 0 unspecified atom stereocenters. The Morgan fingerprint density at radius 2 is 2.29 bits per heavy atom. The minimum Gasteiger partial charge on any atom is -0.383 e. The predicted molar refractivity (Wildman–Crippen MR) is 91.1 cm³/mol. The van der Waals surface area contributed by atoms with Gasteiger partial charge in [-0.05, 0) is 25.0 Å². The lowest BCUT2D eigenvalue weighted by atomic mass is 9.98. The number of hydrogen-bond acceptors (Lipinski definition) is 5. The number of likely N-dealkylation sites (tertiary alicyclic amines) is 1. The second kappa shape index (κ2) is 8.05. The number of aromatic nitrogens is 1. The van der Waals surface area contributed by atoms with E-state index in [-0.39, 0.29) is 18.1 Å². The maximum atomic E-state index is 12.8. The van der Waals surface area contributed by atoms with Crippen molar-refractivity contribution in [3.05, 3.63) is 29.6 Å². The highest BCUT2D eigenvalue weighted by Crippen LogP contribution is 2.24. The summed E-state index contributed by atoms with van der Waals surface area (Å²) in [5, 5.41) is 0. The number of carbonyl (C=O) groups is 1. The number of ether oxygens (including phenoxy) is 2. The van der Waals surface area contributed by atoms with E-state index >= 15 is 0 Å². The Kier molecular flexibility index (Phi) is 5.81. The first kappa shape index (κ1) is 17.3. The zero-order valence-corrected chi connectivity index (χ0v) is 14.6. The molecule has 6 heteroatoms. The minimum atomic E-state index is 0.0702. The van der Waals surface area contributed by atoms with Crippen LogP contribution in [0.4, 0.5) is 0 Å². The van der Waals surface area contributed by atoms with Gasteiger partial charge in [-0.2, -0.15) is 0 Å². The van der Waals surface area contributed by atoms with Crippen LogP contribution in [0.25, 0.3) is 0 Å². The molecule has 1 aromatic heterocycles. The quantitative estimate of drug-likeness (QED) is 0.811. The molecule has 2 atom stereocenters. The Hall–Kier alpha value is -1.50. The highest BCUT2D eigenvalue weighted by molar-refractivity contribution is 5.94. The average Bonchev–Trinajstić information content (AvgIpc) is 2.65. The average molecular weight is 333 g/mol. The van der Waals surface area contributed by atoms with E-state index in [1.54, 1.807) is 13.3 Å². The van der Waals surface area contributed by atoms with E-state index < -0.39 is 0 Å². The molecule has 1 amide bonds. The number of morpholine rings is 1. The van der Waals surface area contributed by atoms with Gasteiger partial charge in [0.1, 0.15) is 0 Å². The van der Waals surface area contributed by atoms with Gasteiger partial charge in [-0.15, -0.1) is 0 Å². The number of rotatable bonds is 5. The predicted octanol–water partition coefficient (Wildman–Crippen LogP) is 1.21. The highest BCUT2D eigenvalue weighted by Gasteiger charge is 2.38. The minimum absolute atomic E-state index is 0.0702. The van der Waals surface area contributed by atoms with Crippen molar-refractivity contribution in [2.24, 2.45) is 0 Å². The van der Waals surface area contributed by atoms with Crippen LogP contribution in [0.3, 0.4) is 0 Å². The number of fused-ring (bicyclic) bond motifs is 1. The molecule has 132 valence electrons. The lowest BCUT2D eigenvalue weighted by Gasteiger charge is -2.47. The Balaban J connectivity index is 1.67. The summed E-state index contributed by atoms with van der Waals surface area (Å²) < 4.78 is 11.1. The van der Waals surface area contributed by atoms with Crippen LogP contribution in [-0.2, 0) is 15.9 Å². The molecule has 0 spiro atoms. The molecular formula is C18H27N3O3. The lowest BCUT2D eigenvalue weighted by molar-refractivity contribution is -0.101. The molecule has 0 bridgehead atoms. The second-order valence-electron chi connectivity index (χ2n) is 6.44. The third-order valence-electron chi connectivity index (χ3n) is 5.00. The smallest absolute Gasteiger partial charge is 0.255 e. The van der Waals surface area contributed by atoms with Gasteiger partial charge in [0.05, 0.1) is 30.9 Å². The van der Waals surface area contributed by atoms with E-state index in [2.05, 4.69) is 16.8 Å². The summed E-state index contributed by atoms with van der Waals surface area (Å²) in [4.78, 5) is 21.5. The fourth-order valence-corrected chi connectivity index (χ4v) is 3.56. The molecule has 24 heavy (non-hydrogen) atoms. The zero-order valence-electron chi connectivity index (χ0n) is 14.6. The zero-order chi connectivity index (χ0) is 16.9. The summed E-state index contributed by atoms with van der Waals surface area (Å²) >= 11 is 0. The summed E-state index contributed by atoms with van der Waals surface area (Å²) in [6.07, 6.45) is 3.70. The van der Waals surface area contributed by atoms with Crippen LogP contribution in [0.1, 0.15) is 29.4 Å². The van der Waals surface area contributed by atoms with Gasteiger partial charge in [0.25, 0.3) is 5.91 Å². The summed E-state index contributed by atoms with van der Waals surface area (Å²) in [5.41, 5.74) is 1.68. The number of hydrogen-bond donors (Lipinski definition) is 0. The van der Waals surface area contributed by atoms with Crippen molar-refractivity contribution in [1.82, 2.24) is 14.8 Å². The van der Waals surface area contributed by atoms with Crippen molar-refractivity contribution >= 4 is 5.91 Å². The van der Waals surface area contributed by atoms with E-state index in [0.29, 0.717) is 18.7 Å². The van der Waals surface area contributed by atoms with Gasteiger partial charge in [0.15, 0.2) is 0 Å². The van der Waals surface area contributed by atoms with E-state index in [9.17, 15) is 4.79 Å². The van der Waals surface area contributed by atoms with Crippen LogP contribution in [0.15, 0.2) is 18.3 Å². The van der Waals surface area contributed by atoms with Crippen LogP contribution in [0, 0.1) is 0 Å². The van der Waals surface area contributed by atoms with E-state index in [0.717, 1.165) is 44.8 Å². The molecule has 3 heterocycles. The number of piperidine rings is 1. The first-order chi connectivity index (χ1) is 11.7. The van der Waals surface area contributed by atoms with Gasteiger partial charge in [0, 0.05) is 45.2 Å². The van der Waals surface area contributed by atoms with E-state index in [1.807, 2.05) is 17.0 Å². The first-order valence-corrected chi connectivity index (χ1v) is 8.81. The maximum Gasteiger partial charge on any atom is 0.255 e. The summed E-state index contributed by atoms with van der Waals surface area (Å²) in [6, 6.07) is 4.09. The van der Waals surface area contributed by atoms with E-state index in [1.165, 1.54) is 0 Å². The molecular weight excluding hydrogens is 306 g/mol. The molecule has 2 saturated heterocycles. The molecule has 0 N–H and O–H groups in total. The van der Waals surface area contributed by atoms with Gasteiger partial charge < -0.3 is 14.4 Å². The van der Waals surface area contributed by atoms with Crippen LogP contribution in [0.2, 0.25) is 0 Å². The van der Waals surface area contributed by atoms with Crippen LogP contribution >= 0.6 is 0 Å². The number of carbonyl (C=O) groups excluding carboxylic acids is 1. The number of pyridine rings is 1. The molecule has 0 aliphatic carbocycles. The first-order valence-electron chi connectivity index (χ1n) is 8.81. The van der Waals surface area contributed by atoms with E-state index in [4.69, 9.17) is 9.47 Å². The normalized spacial score (nSPS) is 24.7. The standard InChI is InChI=1S/C18H27N3O3/c1-3-15-5-4-14(12-19-15)18(22)21-7-6-17-16(13-21)20(8-10-23-2)9-11-24-17/h4-5,12,16-17H,3,6-11,13H2,1-2H3/t16-,17-/m0/s1. The fraction of sp³-hybridized carbons (Fsp3) is 0.667. The number of amides is 1. The van der Waals surface area contributed by atoms with Gasteiger partial charge in [0.2, 0.25) is 0 Å². The molecule has 0 aromatic carbocycles. The van der Waals surface area contributed by atoms with Crippen molar-refractivity contribution in [1.29, 1.82) is 0 Å². The number of nitrogens with zero attached hydrogens (tertiary/aromatic N) is 3. The highest BCUT2D eigenvalue weighted by atomic mass is 16.5. The van der Waals surface area contributed by atoms with Crippen molar-refractivity contribution in [2.75, 3.05) is 46.5 Å². The summed E-state index contributed by atoms with van der Waals surface area (Å²) in [7, 11) is 1.72. The van der Waals surface area contributed by atoms with Crippen molar-refractivity contribution in [3.63, 3.8) is 0 Å². The molecule has 1 aromatic rings. The largest absolute Gasteiger partial charge is 0.383 e. The SMILES string of the molecule is CCc1ccc(C(=O)N2CC[C@@H]3OCCN(CCOC)[C@H]3C2)cn1. The maximum absolute atomic E-state index is 12.8. The molecule has 6 nitrogen and oxygen atoms in total. The monoisotopic (exact) mass is 333 g/mol. The lowest BCUT2D eigenvalue weighted by Crippen LogP contribution is -2.61. The van der Waals surface area contributed by atoms with Crippen molar-refractivity contribution in [3.8, 4) is 0 Å². The van der Waals surface area contributed by atoms with Gasteiger partial charge in [-0.1, -0.05) is 6.92 Å². The number of aryl methyl sites for hydroxylation is 1. The van der Waals surface area contributed by atoms with Gasteiger partial charge in [-0.25, -0.2) is 0 Å². The Labute approximate surface area is 143 Å². The topological polar surface area (TPSA) is 54.9 Å². The van der Waals surface area contributed by atoms with Gasteiger partial charge in [-0.3, -0.25) is 14.7 Å². The molecule has 3 rings (SSSR count). The van der Waals surface area contributed by atoms with Crippen LogP contribution < -0.4 is 0 Å². The van der Waals surface area contributed by atoms with Crippen LogP contribution in [0.5, 0.6) is 0 Å². The molecule has 2 fully saturated rings. The molecule has 0 radical (unpaired) electrons. The third-order valence-corrected chi connectivity index (χ3v) is 5.00. The molecule has 2 aliphatic rings. The second-order valence-corrected chi connectivity index (χ2v) is 6.44. The summed E-state index contributed by atoms with van der Waals surface area (Å²) in [6.45, 7) is 6.78.